The third-order valence-electron chi connectivity index (χ3n) is 2.92. The van der Waals surface area contributed by atoms with Gasteiger partial charge >= 0.3 is 5.97 Å². The van der Waals surface area contributed by atoms with Gasteiger partial charge in [0.05, 0.1) is 11.7 Å². The molecule has 3 N–H and O–H groups in total. The van der Waals surface area contributed by atoms with Crippen LogP contribution in [-0.4, -0.2) is 36.0 Å². The Kier molecular flexibility index (Phi) is 5.95. The minimum atomic E-state index is -0.997. The molecular weight excluding hydrogens is 276 g/mol. The summed E-state index contributed by atoms with van der Waals surface area (Å²) in [6, 6.07) is 3.17. The van der Waals surface area contributed by atoms with Crippen LogP contribution in [0, 0.1) is 5.41 Å². The van der Waals surface area contributed by atoms with Crippen LogP contribution in [0.5, 0.6) is 0 Å². The van der Waals surface area contributed by atoms with Gasteiger partial charge in [-0.2, -0.15) is 0 Å². The lowest BCUT2D eigenvalue weighted by molar-refractivity contribution is -0.146. The van der Waals surface area contributed by atoms with E-state index >= 15 is 0 Å². The predicted molar refractivity (Wildman–Crippen MR) is 74.7 cm³/mol. The number of furan rings is 1. The number of carbonyl (C=O) groups excluding carboxylic acids is 2. The summed E-state index contributed by atoms with van der Waals surface area (Å²) in [5.74, 6) is -1.31. The van der Waals surface area contributed by atoms with Crippen LogP contribution in [0.15, 0.2) is 22.8 Å². The fraction of sp³-hybridized carbons (Fsp3) is 0.500. The van der Waals surface area contributed by atoms with Crippen molar-refractivity contribution < 1.29 is 23.9 Å². The molecule has 7 heteroatoms. The number of nitrogens with one attached hydrogen (secondary N) is 2. The average Bonchev–Trinajstić information content (AvgIpc) is 2.95. The first-order valence-corrected chi connectivity index (χ1v) is 6.65. The van der Waals surface area contributed by atoms with E-state index in [0.29, 0.717) is 13.0 Å². The maximum absolute atomic E-state index is 11.6. The lowest BCUT2D eigenvalue weighted by Crippen LogP contribution is -2.39. The van der Waals surface area contributed by atoms with Gasteiger partial charge in [-0.3, -0.25) is 14.4 Å². The summed E-state index contributed by atoms with van der Waals surface area (Å²) in [6.45, 7) is 3.49. The fourth-order valence-corrected chi connectivity index (χ4v) is 1.43. The van der Waals surface area contributed by atoms with Gasteiger partial charge in [0.25, 0.3) is 5.91 Å². The first kappa shape index (κ1) is 16.7. The summed E-state index contributed by atoms with van der Waals surface area (Å²) in [4.78, 5) is 33.9. The van der Waals surface area contributed by atoms with E-state index in [-0.39, 0.29) is 30.5 Å². The molecule has 0 aromatic carbocycles. The molecule has 1 aromatic rings. The lowest BCUT2D eigenvalue weighted by atomic mass is 9.94. The van der Waals surface area contributed by atoms with Gasteiger partial charge in [-0.1, -0.05) is 0 Å². The molecule has 0 radical (unpaired) electrons. The zero-order valence-electron chi connectivity index (χ0n) is 12.1. The maximum atomic E-state index is 11.6. The van der Waals surface area contributed by atoms with Crippen LogP contribution in [0.2, 0.25) is 0 Å². The van der Waals surface area contributed by atoms with E-state index < -0.39 is 11.4 Å². The quantitative estimate of drug-likeness (QED) is 0.620. The van der Waals surface area contributed by atoms with Gasteiger partial charge in [0, 0.05) is 19.5 Å². The Morgan fingerprint density at radius 2 is 2.00 bits per heavy atom. The molecule has 0 atom stereocenters. The highest BCUT2D eigenvalue weighted by atomic mass is 16.4. The molecule has 0 bridgehead atoms. The third-order valence-corrected chi connectivity index (χ3v) is 2.92. The molecule has 0 fully saturated rings. The predicted octanol–water partition coefficient (Wildman–Crippen LogP) is 1.02. The van der Waals surface area contributed by atoms with E-state index in [4.69, 9.17) is 9.52 Å². The van der Waals surface area contributed by atoms with Crippen molar-refractivity contribution in [3.63, 3.8) is 0 Å². The maximum Gasteiger partial charge on any atom is 0.310 e. The smallest absolute Gasteiger partial charge is 0.310 e. The molecule has 21 heavy (non-hydrogen) atoms. The molecule has 1 aromatic heterocycles. The topological polar surface area (TPSA) is 109 Å². The Labute approximate surface area is 122 Å². The second-order valence-corrected chi connectivity index (χ2v) is 5.30. The lowest BCUT2D eigenvalue weighted by Gasteiger charge is -2.19. The number of aliphatic carboxylic acids is 1. The molecular formula is C14H20N2O5. The Morgan fingerprint density at radius 3 is 2.57 bits per heavy atom. The van der Waals surface area contributed by atoms with Crippen LogP contribution in [-0.2, 0) is 9.59 Å². The fourth-order valence-electron chi connectivity index (χ4n) is 1.43. The number of rotatable bonds is 8. The van der Waals surface area contributed by atoms with Crippen LogP contribution in [0.1, 0.15) is 37.2 Å². The Hall–Kier alpha value is -2.31. The van der Waals surface area contributed by atoms with Crippen molar-refractivity contribution in [2.45, 2.75) is 26.7 Å². The summed E-state index contributed by atoms with van der Waals surface area (Å²) in [5, 5.41) is 14.1. The minimum Gasteiger partial charge on any atom is -0.481 e. The monoisotopic (exact) mass is 296 g/mol. The molecule has 7 nitrogen and oxygen atoms in total. The average molecular weight is 296 g/mol. The normalized spacial score (nSPS) is 11.0. The van der Waals surface area contributed by atoms with Crippen molar-refractivity contribution in [3.05, 3.63) is 24.2 Å². The summed E-state index contributed by atoms with van der Waals surface area (Å²) in [5.41, 5.74) is -0.997. The molecule has 1 rings (SSSR count). The molecule has 0 spiro atoms. The van der Waals surface area contributed by atoms with Crippen molar-refractivity contribution >= 4 is 17.8 Å². The van der Waals surface area contributed by atoms with E-state index in [1.807, 2.05) is 0 Å². The Bertz CT molecular complexity index is 493. The number of hydrogen-bond donors (Lipinski definition) is 3. The first-order valence-electron chi connectivity index (χ1n) is 6.65. The van der Waals surface area contributed by atoms with Gasteiger partial charge in [-0.05, 0) is 32.4 Å². The van der Waals surface area contributed by atoms with Crippen LogP contribution in [0.4, 0.5) is 0 Å². The van der Waals surface area contributed by atoms with Crippen molar-refractivity contribution in [2.24, 2.45) is 5.41 Å². The zero-order chi connectivity index (χ0) is 15.9. The minimum absolute atomic E-state index is 0.0694. The standard InChI is InChI=1S/C14H20N2O5/c1-14(2,13(19)20)9-16-11(17)6-3-7-15-12(18)10-5-4-8-21-10/h4-5,8H,3,6-7,9H2,1-2H3,(H,15,18)(H,16,17)(H,19,20). The van der Waals surface area contributed by atoms with Gasteiger partial charge in [-0.15, -0.1) is 0 Å². The van der Waals surface area contributed by atoms with Crippen LogP contribution in [0.3, 0.4) is 0 Å². The number of carbonyl (C=O) groups is 3. The summed E-state index contributed by atoms with van der Waals surface area (Å²) in [7, 11) is 0. The molecule has 0 saturated heterocycles. The van der Waals surface area contributed by atoms with Crippen LogP contribution < -0.4 is 10.6 Å². The van der Waals surface area contributed by atoms with Crippen molar-refractivity contribution in [3.8, 4) is 0 Å². The van der Waals surface area contributed by atoms with Gasteiger partial charge in [-0.25, -0.2) is 0 Å². The Morgan fingerprint density at radius 1 is 1.29 bits per heavy atom. The molecule has 0 aliphatic heterocycles. The van der Waals surface area contributed by atoms with Gasteiger partial charge in [0.1, 0.15) is 0 Å². The number of hydrogen-bond acceptors (Lipinski definition) is 4. The van der Waals surface area contributed by atoms with E-state index in [0.717, 1.165) is 0 Å². The highest BCUT2D eigenvalue weighted by molar-refractivity contribution is 5.91. The molecule has 1 heterocycles. The van der Waals surface area contributed by atoms with E-state index in [9.17, 15) is 14.4 Å². The molecule has 0 saturated carbocycles. The van der Waals surface area contributed by atoms with Crippen LogP contribution >= 0.6 is 0 Å². The molecule has 116 valence electrons. The van der Waals surface area contributed by atoms with E-state index in [2.05, 4.69) is 10.6 Å². The third kappa shape index (κ3) is 5.68. The SMILES string of the molecule is CC(C)(CNC(=O)CCCNC(=O)c1ccco1)C(=O)O. The first-order chi connectivity index (χ1) is 9.83. The summed E-state index contributed by atoms with van der Waals surface area (Å²) in [6.07, 6.45) is 2.09. The highest BCUT2D eigenvalue weighted by Crippen LogP contribution is 2.13. The number of carboxylic acids is 1. The van der Waals surface area contributed by atoms with Gasteiger partial charge < -0.3 is 20.2 Å². The Balaban J connectivity index is 2.17. The summed E-state index contributed by atoms with van der Waals surface area (Å²) < 4.78 is 4.92. The molecule has 0 unspecified atom stereocenters. The molecule has 2 amide bonds. The largest absolute Gasteiger partial charge is 0.481 e. The second kappa shape index (κ2) is 7.47. The van der Waals surface area contributed by atoms with Crippen LogP contribution in [0.25, 0.3) is 0 Å². The van der Waals surface area contributed by atoms with Crippen molar-refractivity contribution in [2.75, 3.05) is 13.1 Å². The van der Waals surface area contributed by atoms with E-state index in [1.165, 1.54) is 6.26 Å². The van der Waals surface area contributed by atoms with Crippen molar-refractivity contribution in [1.29, 1.82) is 0 Å². The molecule has 0 aliphatic carbocycles. The van der Waals surface area contributed by atoms with Crippen molar-refractivity contribution in [1.82, 2.24) is 10.6 Å². The second-order valence-electron chi connectivity index (χ2n) is 5.30. The highest BCUT2D eigenvalue weighted by Gasteiger charge is 2.27. The zero-order valence-corrected chi connectivity index (χ0v) is 12.1. The number of carboxylic acid groups (broad SMARTS) is 1. The molecule has 0 aliphatic rings. The van der Waals surface area contributed by atoms with E-state index in [1.54, 1.807) is 26.0 Å². The summed E-state index contributed by atoms with van der Waals surface area (Å²) >= 11 is 0. The van der Waals surface area contributed by atoms with Gasteiger partial charge in [0.15, 0.2) is 5.76 Å². The number of amides is 2. The van der Waals surface area contributed by atoms with Gasteiger partial charge in [0.2, 0.25) is 5.91 Å².